The van der Waals surface area contributed by atoms with E-state index in [0.29, 0.717) is 17.5 Å². The number of fused-ring (bicyclic) bond motifs is 8. The van der Waals surface area contributed by atoms with Crippen LogP contribution in [0, 0.1) is 0 Å². The van der Waals surface area contributed by atoms with Crippen LogP contribution in [0.4, 0.5) is 0 Å². The molecule has 0 aliphatic rings. The van der Waals surface area contributed by atoms with E-state index in [1.54, 1.807) is 0 Å². The van der Waals surface area contributed by atoms with Gasteiger partial charge in [0, 0.05) is 57.0 Å². The van der Waals surface area contributed by atoms with Gasteiger partial charge in [0.2, 0.25) is 0 Å². The first-order chi connectivity index (χ1) is 32.7. The summed E-state index contributed by atoms with van der Waals surface area (Å²) < 4.78 is 5.02. The fraction of sp³-hybridized carbons (Fsp3) is 0. The fourth-order valence-corrected chi connectivity index (χ4v) is 12.1. The summed E-state index contributed by atoms with van der Waals surface area (Å²) in [5.74, 6) is 1.90. The lowest BCUT2D eigenvalue weighted by Gasteiger charge is -2.12. The molecule has 0 aliphatic heterocycles. The molecule has 0 radical (unpaired) electrons. The number of hydrogen-bond donors (Lipinski definition) is 0. The van der Waals surface area contributed by atoms with Gasteiger partial charge in [0.15, 0.2) is 17.5 Å². The van der Waals surface area contributed by atoms with E-state index < -0.39 is 0 Å². The third-order valence-electron chi connectivity index (χ3n) is 12.8. The van der Waals surface area contributed by atoms with Gasteiger partial charge < -0.3 is 0 Å². The minimum atomic E-state index is 0.628. The summed E-state index contributed by atoms with van der Waals surface area (Å²) in [4.78, 5) is 16.0. The van der Waals surface area contributed by atoms with Gasteiger partial charge in [0.05, 0.1) is 0 Å². The normalized spacial score (nSPS) is 11.6. The number of rotatable bonds is 7. The molecule has 3 heterocycles. The molecule has 10 aromatic carbocycles. The molecule has 3 nitrogen and oxygen atoms in total. The molecule has 0 atom stereocenters. The van der Waals surface area contributed by atoms with Gasteiger partial charge in [-0.2, -0.15) is 0 Å². The molecule has 13 aromatic rings. The molecule has 5 heteroatoms. The summed E-state index contributed by atoms with van der Waals surface area (Å²) in [5.41, 5.74) is 12.2. The third kappa shape index (κ3) is 6.59. The van der Waals surface area contributed by atoms with E-state index in [1.165, 1.54) is 73.5 Å². The number of thiophene rings is 2. The number of hydrogen-bond acceptors (Lipinski definition) is 5. The summed E-state index contributed by atoms with van der Waals surface area (Å²) in [6.45, 7) is 0. The van der Waals surface area contributed by atoms with Crippen LogP contribution in [0.1, 0.15) is 0 Å². The van der Waals surface area contributed by atoms with Crippen LogP contribution in [0.5, 0.6) is 0 Å². The SMILES string of the molecule is c1ccc(-c2cccc(-c3ccc(-c4nc(-c5cccc(-c6cccc7c6sc6c8ccccc8ccc76)c5)nc(-c5cccc6sc7cccc(-c8ccccc8)c7c56)n4)cc3)c2)cc1. The first-order valence-corrected chi connectivity index (χ1v) is 23.8. The van der Waals surface area contributed by atoms with Crippen LogP contribution < -0.4 is 0 Å². The predicted molar refractivity (Wildman–Crippen MR) is 281 cm³/mol. The molecule has 0 aliphatic carbocycles. The Morgan fingerprint density at radius 3 is 1.53 bits per heavy atom. The van der Waals surface area contributed by atoms with Crippen LogP contribution in [-0.2, 0) is 0 Å². The zero-order valence-electron chi connectivity index (χ0n) is 35.5. The Bertz CT molecular complexity index is 3980. The van der Waals surface area contributed by atoms with E-state index in [4.69, 9.17) is 15.0 Å². The third-order valence-corrected chi connectivity index (χ3v) is 15.2. The fourth-order valence-electron chi connectivity index (χ4n) is 9.57. The Morgan fingerprint density at radius 2 is 0.758 bits per heavy atom. The van der Waals surface area contributed by atoms with E-state index in [-0.39, 0.29) is 0 Å². The molecule has 66 heavy (non-hydrogen) atoms. The van der Waals surface area contributed by atoms with Gasteiger partial charge in [-0.3, -0.25) is 0 Å². The monoisotopic (exact) mass is 875 g/mol. The maximum atomic E-state index is 5.39. The molecule has 0 saturated carbocycles. The molecule has 0 fully saturated rings. The highest BCUT2D eigenvalue weighted by atomic mass is 32.1. The van der Waals surface area contributed by atoms with Crippen LogP contribution in [0.3, 0.4) is 0 Å². The molecule has 0 spiro atoms. The Hall–Kier alpha value is -8.09. The molecule has 3 aromatic heterocycles. The van der Waals surface area contributed by atoms with Crippen LogP contribution in [0.15, 0.2) is 224 Å². The van der Waals surface area contributed by atoms with Crippen molar-refractivity contribution in [3.05, 3.63) is 224 Å². The highest BCUT2D eigenvalue weighted by Crippen LogP contribution is 2.46. The number of aromatic nitrogens is 3. The lowest BCUT2D eigenvalue weighted by Crippen LogP contribution is -2.00. The molecule has 0 unspecified atom stereocenters. The van der Waals surface area contributed by atoms with Gasteiger partial charge in [-0.25, -0.2) is 15.0 Å². The molecule has 0 saturated heterocycles. The largest absolute Gasteiger partial charge is 0.208 e. The summed E-state index contributed by atoms with van der Waals surface area (Å²) in [6, 6.07) is 80.3. The summed E-state index contributed by atoms with van der Waals surface area (Å²) in [7, 11) is 0. The van der Waals surface area contributed by atoms with Crippen molar-refractivity contribution in [1.82, 2.24) is 15.0 Å². The second-order valence-corrected chi connectivity index (χ2v) is 18.8. The molecule has 0 bridgehead atoms. The minimum Gasteiger partial charge on any atom is -0.208 e. The van der Waals surface area contributed by atoms with Crippen LogP contribution in [0.2, 0.25) is 0 Å². The van der Waals surface area contributed by atoms with Crippen molar-refractivity contribution in [2.24, 2.45) is 0 Å². The summed E-state index contributed by atoms with van der Waals surface area (Å²) in [5, 5.41) is 7.49. The van der Waals surface area contributed by atoms with Crippen LogP contribution in [0.25, 0.3) is 130 Å². The Balaban J connectivity index is 0.980. The van der Waals surface area contributed by atoms with Crippen LogP contribution >= 0.6 is 22.7 Å². The summed E-state index contributed by atoms with van der Waals surface area (Å²) in [6.07, 6.45) is 0. The highest BCUT2D eigenvalue weighted by Gasteiger charge is 2.20. The molecule has 13 rings (SSSR count). The van der Waals surface area contributed by atoms with Gasteiger partial charge in [0.1, 0.15) is 0 Å². The molecular formula is C61H37N3S2. The van der Waals surface area contributed by atoms with Crippen molar-refractivity contribution in [3.8, 4) is 78.7 Å². The lowest BCUT2D eigenvalue weighted by atomic mass is 9.97. The lowest BCUT2D eigenvalue weighted by molar-refractivity contribution is 1.08. The van der Waals surface area contributed by atoms with Gasteiger partial charge in [-0.05, 0) is 79.5 Å². The Labute approximate surface area is 389 Å². The zero-order valence-corrected chi connectivity index (χ0v) is 37.2. The number of benzene rings is 10. The van der Waals surface area contributed by atoms with Crippen LogP contribution in [-0.4, -0.2) is 15.0 Å². The van der Waals surface area contributed by atoms with Crippen molar-refractivity contribution in [2.45, 2.75) is 0 Å². The van der Waals surface area contributed by atoms with E-state index in [9.17, 15) is 0 Å². The molecule has 0 amide bonds. The van der Waals surface area contributed by atoms with Gasteiger partial charge >= 0.3 is 0 Å². The molecule has 308 valence electrons. The Kier molecular flexibility index (Phi) is 9.22. The average Bonchev–Trinajstić information content (AvgIpc) is 3.99. The Morgan fingerprint density at radius 1 is 0.258 bits per heavy atom. The van der Waals surface area contributed by atoms with Gasteiger partial charge in [0.25, 0.3) is 0 Å². The average molecular weight is 876 g/mol. The van der Waals surface area contributed by atoms with E-state index >= 15 is 0 Å². The van der Waals surface area contributed by atoms with Gasteiger partial charge in [-0.15, -0.1) is 22.7 Å². The van der Waals surface area contributed by atoms with E-state index in [0.717, 1.165) is 38.8 Å². The summed E-state index contributed by atoms with van der Waals surface area (Å²) >= 11 is 3.69. The van der Waals surface area contributed by atoms with E-state index in [1.807, 2.05) is 22.7 Å². The van der Waals surface area contributed by atoms with Crippen molar-refractivity contribution < 1.29 is 0 Å². The van der Waals surface area contributed by atoms with Crippen molar-refractivity contribution in [1.29, 1.82) is 0 Å². The maximum Gasteiger partial charge on any atom is 0.164 e. The van der Waals surface area contributed by atoms with Crippen molar-refractivity contribution in [2.75, 3.05) is 0 Å². The highest BCUT2D eigenvalue weighted by molar-refractivity contribution is 7.27. The first-order valence-electron chi connectivity index (χ1n) is 22.2. The quantitative estimate of drug-likeness (QED) is 0.160. The van der Waals surface area contributed by atoms with Crippen molar-refractivity contribution >= 4 is 73.8 Å². The molecular weight excluding hydrogens is 839 g/mol. The maximum absolute atomic E-state index is 5.39. The topological polar surface area (TPSA) is 38.7 Å². The predicted octanol–water partition coefficient (Wildman–Crippen LogP) is 17.4. The number of nitrogens with zero attached hydrogens (tertiary/aromatic N) is 3. The van der Waals surface area contributed by atoms with Crippen molar-refractivity contribution in [3.63, 3.8) is 0 Å². The minimum absolute atomic E-state index is 0.628. The zero-order chi connectivity index (χ0) is 43.6. The second-order valence-electron chi connectivity index (χ2n) is 16.7. The second kappa shape index (κ2) is 15.9. The standard InChI is InChI=1S/C61H37N3S2/c1-3-14-38(15-4-1)43-19-9-20-44(36-43)39-30-32-42(33-31-39)59-62-60(64-61(63-59)52-27-13-29-54-56(52)55-47(24-12-28-53(55)65-54)40-16-5-2-6-17-40)46-22-10-21-45(37-46)49-25-11-26-50-51-35-34-41-18-7-8-23-48(41)57(51)66-58(49)50/h1-37H. The first kappa shape index (κ1) is 38.4. The smallest absolute Gasteiger partial charge is 0.164 e. The van der Waals surface area contributed by atoms with Gasteiger partial charge in [-0.1, -0.05) is 200 Å². The van der Waals surface area contributed by atoms with E-state index in [2.05, 4.69) is 224 Å². The molecule has 0 N–H and O–H groups in total.